The minimum Gasteiger partial charge on any atom is -0.381 e. The summed E-state index contributed by atoms with van der Waals surface area (Å²) in [5.74, 6) is 0.832. The number of hydrogen-bond acceptors (Lipinski definition) is 7. The van der Waals surface area contributed by atoms with Crippen LogP contribution in [0.2, 0.25) is 0 Å². The third-order valence-corrected chi connectivity index (χ3v) is 6.69. The van der Waals surface area contributed by atoms with Crippen LogP contribution >= 0.6 is 0 Å². The molecule has 0 unspecified atom stereocenters. The second-order valence-corrected chi connectivity index (χ2v) is 8.70. The maximum absolute atomic E-state index is 12.8. The standard InChI is InChI=1S/C25H25N7O2/c1-32-8-5-17-16(4-7-27-24(17)32)23-18-11-29-25(33)22(18)20(12-28-23)31-21-3-2-15(19(10-26)30-21)14-6-9-34-13-14/h2-5,7-8,12,14H,6,9-11,13,26H2,1H3,(H,29,33)(H,30,31)/t14-/m0/s1. The van der Waals surface area contributed by atoms with Gasteiger partial charge in [0, 0.05) is 61.6 Å². The molecular weight excluding hydrogens is 430 g/mol. The SMILES string of the molecule is Cn1ccc2c(-c3ncc(Nc4ccc([C@H]5CCOC5)c(CN)n4)c4c3CNC4=O)ccnc21. The number of ether oxygens (including phenoxy) is 1. The summed E-state index contributed by atoms with van der Waals surface area (Å²) in [4.78, 5) is 26.8. The quantitative estimate of drug-likeness (QED) is 0.423. The summed E-state index contributed by atoms with van der Waals surface area (Å²) >= 11 is 0. The Balaban J connectivity index is 1.40. The monoisotopic (exact) mass is 455 g/mol. The lowest BCUT2D eigenvalue weighted by atomic mass is 9.96. The fraction of sp³-hybridized carbons (Fsp3) is 0.280. The lowest BCUT2D eigenvalue weighted by Crippen LogP contribution is -2.14. The Morgan fingerprint density at radius 3 is 3.00 bits per heavy atom. The molecule has 34 heavy (non-hydrogen) atoms. The molecule has 2 aliphatic heterocycles. The van der Waals surface area contributed by atoms with Crippen LogP contribution in [0.1, 0.15) is 39.5 Å². The van der Waals surface area contributed by atoms with Gasteiger partial charge in [0.05, 0.1) is 35.4 Å². The van der Waals surface area contributed by atoms with Crippen molar-refractivity contribution < 1.29 is 9.53 Å². The van der Waals surface area contributed by atoms with Gasteiger partial charge in [-0.2, -0.15) is 0 Å². The topological polar surface area (TPSA) is 120 Å². The number of nitrogens with one attached hydrogen (secondary N) is 2. The molecule has 1 saturated heterocycles. The zero-order valence-corrected chi connectivity index (χ0v) is 18.8. The van der Waals surface area contributed by atoms with E-state index < -0.39 is 0 Å². The molecule has 9 nitrogen and oxygen atoms in total. The first-order valence-electron chi connectivity index (χ1n) is 11.4. The van der Waals surface area contributed by atoms with Crippen LogP contribution in [0.4, 0.5) is 11.5 Å². The molecular formula is C25H25N7O2. The van der Waals surface area contributed by atoms with Crippen LogP contribution in [0.3, 0.4) is 0 Å². The Labute approximate surface area is 196 Å². The number of anilines is 2. The Morgan fingerprint density at radius 1 is 1.26 bits per heavy atom. The second-order valence-electron chi connectivity index (χ2n) is 8.70. The van der Waals surface area contributed by atoms with Gasteiger partial charge in [0.1, 0.15) is 11.5 Å². The van der Waals surface area contributed by atoms with E-state index >= 15 is 0 Å². The first-order valence-corrected chi connectivity index (χ1v) is 11.4. The summed E-state index contributed by atoms with van der Waals surface area (Å²) in [6, 6.07) is 7.96. The van der Waals surface area contributed by atoms with E-state index in [1.54, 1.807) is 12.4 Å². The molecule has 0 aromatic carbocycles. The molecule has 1 fully saturated rings. The van der Waals surface area contributed by atoms with Gasteiger partial charge in [-0.15, -0.1) is 0 Å². The third kappa shape index (κ3) is 3.32. The van der Waals surface area contributed by atoms with Gasteiger partial charge in [0.25, 0.3) is 5.91 Å². The number of aromatic nitrogens is 4. The average Bonchev–Trinajstić information content (AvgIpc) is 3.61. The largest absolute Gasteiger partial charge is 0.381 e. The molecule has 0 aliphatic carbocycles. The predicted molar refractivity (Wildman–Crippen MR) is 129 cm³/mol. The second kappa shape index (κ2) is 8.19. The highest BCUT2D eigenvalue weighted by molar-refractivity contribution is 6.06. The molecule has 4 aromatic rings. The van der Waals surface area contributed by atoms with E-state index in [-0.39, 0.29) is 5.91 Å². The summed E-state index contributed by atoms with van der Waals surface area (Å²) in [5, 5.41) is 7.26. The maximum atomic E-state index is 12.8. The van der Waals surface area contributed by atoms with Gasteiger partial charge in [0.2, 0.25) is 0 Å². The number of fused-ring (bicyclic) bond motifs is 2. The Hall–Kier alpha value is -3.82. The number of amides is 1. The zero-order chi connectivity index (χ0) is 23.2. The van der Waals surface area contributed by atoms with Gasteiger partial charge >= 0.3 is 0 Å². The van der Waals surface area contributed by atoms with Gasteiger partial charge in [0.15, 0.2) is 0 Å². The molecule has 4 aromatic heterocycles. The van der Waals surface area contributed by atoms with Crippen molar-refractivity contribution in [3.8, 4) is 11.3 Å². The molecule has 2 aliphatic rings. The predicted octanol–water partition coefficient (Wildman–Crippen LogP) is 2.98. The lowest BCUT2D eigenvalue weighted by Gasteiger charge is -2.16. The fourth-order valence-corrected chi connectivity index (χ4v) is 4.97. The molecule has 1 atom stereocenters. The van der Waals surface area contributed by atoms with Gasteiger partial charge in [-0.25, -0.2) is 9.97 Å². The van der Waals surface area contributed by atoms with Crippen LogP contribution in [0.5, 0.6) is 0 Å². The minimum atomic E-state index is -0.127. The molecule has 0 bridgehead atoms. The summed E-state index contributed by atoms with van der Waals surface area (Å²) < 4.78 is 7.51. The number of carbonyl (C=O) groups is 1. The van der Waals surface area contributed by atoms with E-state index in [2.05, 4.69) is 21.7 Å². The summed E-state index contributed by atoms with van der Waals surface area (Å²) in [6.07, 6.45) is 6.43. The Bertz CT molecular complexity index is 1420. The van der Waals surface area contributed by atoms with E-state index in [0.717, 1.165) is 52.1 Å². The molecule has 9 heteroatoms. The van der Waals surface area contributed by atoms with Crippen molar-refractivity contribution in [1.29, 1.82) is 0 Å². The van der Waals surface area contributed by atoms with Gasteiger partial charge < -0.3 is 25.7 Å². The average molecular weight is 456 g/mol. The van der Waals surface area contributed by atoms with E-state index in [9.17, 15) is 4.79 Å². The lowest BCUT2D eigenvalue weighted by molar-refractivity contribution is 0.0966. The van der Waals surface area contributed by atoms with Gasteiger partial charge in [-0.1, -0.05) is 6.07 Å². The van der Waals surface area contributed by atoms with Crippen molar-refractivity contribution in [2.45, 2.75) is 25.4 Å². The molecule has 0 radical (unpaired) electrons. The molecule has 0 spiro atoms. The summed E-state index contributed by atoms with van der Waals surface area (Å²) in [7, 11) is 1.96. The normalized spacial score (nSPS) is 17.2. The smallest absolute Gasteiger partial charge is 0.254 e. The number of pyridine rings is 3. The van der Waals surface area contributed by atoms with Crippen LogP contribution in [-0.2, 0) is 24.9 Å². The van der Waals surface area contributed by atoms with E-state index in [1.165, 1.54) is 0 Å². The van der Waals surface area contributed by atoms with Gasteiger partial charge in [-0.3, -0.25) is 9.78 Å². The molecule has 6 heterocycles. The summed E-state index contributed by atoms with van der Waals surface area (Å²) in [6.45, 7) is 2.22. The van der Waals surface area contributed by atoms with Crippen LogP contribution in [0.25, 0.3) is 22.3 Å². The number of hydrogen-bond donors (Lipinski definition) is 3. The van der Waals surface area contributed by atoms with E-state index in [1.807, 2.05) is 36.0 Å². The Kier molecular flexibility index (Phi) is 5.00. The zero-order valence-electron chi connectivity index (χ0n) is 18.8. The molecule has 172 valence electrons. The highest BCUT2D eigenvalue weighted by Crippen LogP contribution is 2.36. The van der Waals surface area contributed by atoms with Crippen LogP contribution < -0.4 is 16.4 Å². The van der Waals surface area contributed by atoms with Crippen molar-refractivity contribution in [2.24, 2.45) is 12.8 Å². The highest BCUT2D eigenvalue weighted by Gasteiger charge is 2.28. The molecule has 0 saturated carbocycles. The molecule has 1 amide bonds. The van der Waals surface area contributed by atoms with Crippen molar-refractivity contribution in [3.05, 3.63) is 65.2 Å². The van der Waals surface area contributed by atoms with Crippen LogP contribution in [0.15, 0.2) is 42.9 Å². The number of nitrogens with zero attached hydrogens (tertiary/aromatic N) is 4. The fourth-order valence-electron chi connectivity index (χ4n) is 4.97. The van der Waals surface area contributed by atoms with Crippen molar-refractivity contribution >= 4 is 28.4 Å². The van der Waals surface area contributed by atoms with Crippen molar-refractivity contribution in [3.63, 3.8) is 0 Å². The van der Waals surface area contributed by atoms with Crippen LogP contribution in [-0.4, -0.2) is 38.6 Å². The minimum absolute atomic E-state index is 0.127. The van der Waals surface area contributed by atoms with E-state index in [0.29, 0.717) is 42.7 Å². The van der Waals surface area contributed by atoms with E-state index in [4.69, 9.17) is 20.4 Å². The number of nitrogens with two attached hydrogens (primary N) is 1. The van der Waals surface area contributed by atoms with Crippen molar-refractivity contribution in [1.82, 2.24) is 24.8 Å². The first kappa shape index (κ1) is 20.8. The third-order valence-electron chi connectivity index (χ3n) is 6.69. The van der Waals surface area contributed by atoms with Gasteiger partial charge in [-0.05, 0) is 30.2 Å². The summed E-state index contributed by atoms with van der Waals surface area (Å²) in [5.41, 5.74) is 12.7. The number of carbonyl (C=O) groups excluding carboxylic acids is 1. The molecule has 6 rings (SSSR count). The van der Waals surface area contributed by atoms with Crippen LogP contribution in [0, 0.1) is 0 Å². The van der Waals surface area contributed by atoms with Crippen molar-refractivity contribution in [2.75, 3.05) is 18.5 Å². The Morgan fingerprint density at radius 2 is 2.18 bits per heavy atom. The maximum Gasteiger partial charge on any atom is 0.254 e. The highest BCUT2D eigenvalue weighted by atomic mass is 16.5. The first-order chi connectivity index (χ1) is 16.6. The number of rotatable bonds is 5. The number of aryl methyl sites for hydroxylation is 1. The molecule has 4 N–H and O–H groups in total.